The Bertz CT molecular complexity index is 1080. The van der Waals surface area contributed by atoms with Gasteiger partial charge in [0.25, 0.3) is 15.9 Å². The van der Waals surface area contributed by atoms with Crippen LogP contribution in [0.1, 0.15) is 19.3 Å². The Labute approximate surface area is 173 Å². The maximum atomic E-state index is 12.9. The molecule has 0 bridgehead atoms. The van der Waals surface area contributed by atoms with Gasteiger partial charge in [0.2, 0.25) is 0 Å². The van der Waals surface area contributed by atoms with Crippen molar-refractivity contribution in [2.75, 3.05) is 18.4 Å². The topological polar surface area (TPSA) is 106 Å². The summed E-state index contributed by atoms with van der Waals surface area (Å²) in [6.45, 7) is 0.484. The molecule has 1 atom stereocenters. The molecule has 1 saturated heterocycles. The number of aromatic nitrogens is 2. The van der Waals surface area contributed by atoms with E-state index in [1.165, 1.54) is 16.8 Å². The zero-order chi connectivity index (χ0) is 20.6. The number of halogens is 1. The Kier molecular flexibility index (Phi) is 5.09. The van der Waals surface area contributed by atoms with E-state index in [9.17, 15) is 13.2 Å². The molecule has 2 aromatic rings. The number of oxime groups is 1. The van der Waals surface area contributed by atoms with Crippen molar-refractivity contribution in [3.63, 3.8) is 0 Å². The van der Waals surface area contributed by atoms with Gasteiger partial charge in [-0.1, -0.05) is 22.8 Å². The van der Waals surface area contributed by atoms with Crippen molar-refractivity contribution in [1.29, 1.82) is 0 Å². The number of anilines is 1. The molecular formula is C18H20ClN5O4S. The van der Waals surface area contributed by atoms with E-state index in [4.69, 9.17) is 16.4 Å². The standard InChI is InChI=1S/C18H20ClN5O4S/c1-23-10-16(20-12-23)29(26,27)24-7-3-6-18(11-24)9-15(22-28-18)17(25)21-14-5-2-4-13(19)8-14/h2,4-5,8,10,12H,3,6-7,9,11H2,1H3,(H,21,25). The van der Waals surface area contributed by atoms with Crippen molar-refractivity contribution in [2.24, 2.45) is 12.2 Å². The number of piperidine rings is 1. The summed E-state index contributed by atoms with van der Waals surface area (Å²) >= 11 is 5.94. The van der Waals surface area contributed by atoms with Crippen molar-refractivity contribution in [1.82, 2.24) is 13.9 Å². The zero-order valence-corrected chi connectivity index (χ0v) is 17.3. The molecule has 1 N–H and O–H groups in total. The first-order chi connectivity index (χ1) is 13.8. The second kappa shape index (κ2) is 7.43. The fraction of sp³-hybridized carbons (Fsp3) is 0.389. The monoisotopic (exact) mass is 437 g/mol. The van der Waals surface area contributed by atoms with Gasteiger partial charge >= 0.3 is 0 Å². The fourth-order valence-corrected chi connectivity index (χ4v) is 5.26. The van der Waals surface area contributed by atoms with Gasteiger partial charge in [-0.3, -0.25) is 4.79 Å². The van der Waals surface area contributed by atoms with E-state index in [1.807, 2.05) is 0 Å². The Hall–Kier alpha value is -2.43. The summed E-state index contributed by atoms with van der Waals surface area (Å²) in [5.41, 5.74) is -0.0719. The Morgan fingerprint density at radius 1 is 1.38 bits per heavy atom. The first-order valence-corrected chi connectivity index (χ1v) is 10.9. The first kappa shape index (κ1) is 19.9. The van der Waals surface area contributed by atoms with Crippen LogP contribution in [0.25, 0.3) is 0 Å². The molecule has 4 rings (SSSR count). The van der Waals surface area contributed by atoms with Crippen LogP contribution in [0.2, 0.25) is 5.02 Å². The van der Waals surface area contributed by atoms with Crippen LogP contribution in [0.5, 0.6) is 0 Å². The van der Waals surface area contributed by atoms with Crippen LogP contribution in [0.4, 0.5) is 5.69 Å². The number of aryl methyl sites for hydroxylation is 1. The van der Waals surface area contributed by atoms with Crippen molar-refractivity contribution < 1.29 is 18.0 Å². The quantitative estimate of drug-likeness (QED) is 0.787. The van der Waals surface area contributed by atoms with Crippen LogP contribution in [-0.4, -0.2) is 52.6 Å². The number of carbonyl (C=O) groups is 1. The lowest BCUT2D eigenvalue weighted by Crippen LogP contribution is -2.50. The van der Waals surface area contributed by atoms with E-state index in [-0.39, 0.29) is 23.7 Å². The van der Waals surface area contributed by atoms with Gasteiger partial charge in [-0.2, -0.15) is 4.31 Å². The van der Waals surface area contributed by atoms with Crippen LogP contribution in [0.15, 0.2) is 47.0 Å². The first-order valence-electron chi connectivity index (χ1n) is 9.08. The van der Waals surface area contributed by atoms with Crippen molar-refractivity contribution >= 4 is 38.9 Å². The van der Waals surface area contributed by atoms with Gasteiger partial charge in [-0.15, -0.1) is 0 Å². The maximum Gasteiger partial charge on any atom is 0.273 e. The molecule has 1 spiro atoms. The van der Waals surface area contributed by atoms with E-state index in [0.29, 0.717) is 30.1 Å². The highest BCUT2D eigenvalue weighted by molar-refractivity contribution is 7.89. The summed E-state index contributed by atoms with van der Waals surface area (Å²) in [5, 5.41) is 7.19. The SMILES string of the molecule is Cn1cnc(S(=O)(=O)N2CCCC3(CC(C(=O)Nc4cccc(Cl)c4)=NO3)C2)c1. The minimum Gasteiger partial charge on any atom is -0.387 e. The molecule has 3 heterocycles. The summed E-state index contributed by atoms with van der Waals surface area (Å²) in [6, 6.07) is 6.79. The molecule has 0 aliphatic carbocycles. The molecule has 1 aromatic carbocycles. The van der Waals surface area contributed by atoms with Crippen LogP contribution in [0, 0.1) is 0 Å². The molecule has 11 heteroatoms. The summed E-state index contributed by atoms with van der Waals surface area (Å²) in [5.74, 6) is -0.395. The van der Waals surface area contributed by atoms with Crippen molar-refractivity contribution in [3.8, 4) is 0 Å². The summed E-state index contributed by atoms with van der Waals surface area (Å²) in [6.07, 6.45) is 4.35. The molecule has 2 aliphatic heterocycles. The normalized spacial score (nSPS) is 22.3. The van der Waals surface area contributed by atoms with Crippen molar-refractivity contribution in [2.45, 2.75) is 29.9 Å². The number of hydrogen-bond acceptors (Lipinski definition) is 6. The Morgan fingerprint density at radius 3 is 2.93 bits per heavy atom. The number of rotatable bonds is 4. The average Bonchev–Trinajstić information content (AvgIpc) is 3.29. The number of carbonyl (C=O) groups excluding carboxylic acids is 1. The number of amides is 1. The summed E-state index contributed by atoms with van der Waals surface area (Å²) in [7, 11) is -2.03. The lowest BCUT2D eigenvalue weighted by molar-refractivity contribution is -0.110. The van der Waals surface area contributed by atoms with Crippen LogP contribution < -0.4 is 5.32 Å². The molecule has 2 aliphatic rings. The van der Waals surface area contributed by atoms with Gasteiger partial charge in [-0.25, -0.2) is 13.4 Å². The summed E-state index contributed by atoms with van der Waals surface area (Å²) in [4.78, 5) is 22.1. The average molecular weight is 438 g/mol. The number of sulfonamides is 1. The number of nitrogens with one attached hydrogen (secondary N) is 1. The van der Waals surface area contributed by atoms with Gasteiger partial charge < -0.3 is 14.7 Å². The summed E-state index contributed by atoms with van der Waals surface area (Å²) < 4.78 is 28.7. The number of benzene rings is 1. The molecule has 1 amide bonds. The molecule has 29 heavy (non-hydrogen) atoms. The molecule has 0 radical (unpaired) electrons. The largest absolute Gasteiger partial charge is 0.387 e. The molecular weight excluding hydrogens is 418 g/mol. The second-order valence-electron chi connectivity index (χ2n) is 7.27. The predicted octanol–water partition coefficient (Wildman–Crippen LogP) is 2.01. The number of nitrogens with zero attached hydrogens (tertiary/aromatic N) is 4. The predicted molar refractivity (Wildman–Crippen MR) is 107 cm³/mol. The Balaban J connectivity index is 1.45. The van der Waals surface area contributed by atoms with E-state index in [1.54, 1.807) is 35.9 Å². The number of imidazole rings is 1. The highest BCUT2D eigenvalue weighted by atomic mass is 35.5. The lowest BCUT2D eigenvalue weighted by Gasteiger charge is -2.36. The lowest BCUT2D eigenvalue weighted by atomic mass is 9.89. The van der Waals surface area contributed by atoms with Gasteiger partial charge in [0.15, 0.2) is 10.6 Å². The highest BCUT2D eigenvalue weighted by Crippen LogP contribution is 2.35. The van der Waals surface area contributed by atoms with Crippen LogP contribution in [-0.2, 0) is 26.7 Å². The molecule has 154 valence electrons. The minimum absolute atomic E-state index is 0.00473. The van der Waals surface area contributed by atoms with E-state index < -0.39 is 21.5 Å². The fourth-order valence-electron chi connectivity index (χ4n) is 3.55. The van der Waals surface area contributed by atoms with Gasteiger partial charge in [0.1, 0.15) is 5.71 Å². The van der Waals surface area contributed by atoms with Crippen LogP contribution in [0.3, 0.4) is 0 Å². The van der Waals surface area contributed by atoms with Gasteiger partial charge in [-0.05, 0) is 31.0 Å². The molecule has 1 unspecified atom stereocenters. The van der Waals surface area contributed by atoms with Crippen molar-refractivity contribution in [3.05, 3.63) is 41.8 Å². The smallest absolute Gasteiger partial charge is 0.273 e. The minimum atomic E-state index is -3.74. The van der Waals surface area contributed by atoms with E-state index in [2.05, 4.69) is 15.5 Å². The van der Waals surface area contributed by atoms with Crippen LogP contribution >= 0.6 is 11.6 Å². The molecule has 1 fully saturated rings. The number of hydrogen-bond donors (Lipinski definition) is 1. The van der Waals surface area contributed by atoms with E-state index >= 15 is 0 Å². The maximum absolute atomic E-state index is 12.9. The molecule has 9 nitrogen and oxygen atoms in total. The second-order valence-corrected chi connectivity index (χ2v) is 9.59. The molecule has 0 saturated carbocycles. The third-order valence-electron chi connectivity index (χ3n) is 4.97. The molecule has 1 aromatic heterocycles. The zero-order valence-electron chi connectivity index (χ0n) is 15.7. The Morgan fingerprint density at radius 2 is 2.21 bits per heavy atom. The third-order valence-corrected chi connectivity index (χ3v) is 6.94. The van der Waals surface area contributed by atoms with Gasteiger partial charge in [0, 0.05) is 36.9 Å². The van der Waals surface area contributed by atoms with E-state index in [0.717, 1.165) is 0 Å². The van der Waals surface area contributed by atoms with Gasteiger partial charge in [0.05, 0.1) is 12.9 Å². The highest BCUT2D eigenvalue weighted by Gasteiger charge is 2.47. The third kappa shape index (κ3) is 4.00.